The molecule has 0 amide bonds. The maximum Gasteiger partial charge on any atom is 0.204 e. The number of hydrogen-bond donors (Lipinski definition) is 3. The first kappa shape index (κ1) is 9.76. The molecule has 0 saturated heterocycles. The van der Waals surface area contributed by atoms with Gasteiger partial charge in [-0.15, -0.1) is 0 Å². The predicted molar refractivity (Wildman–Crippen MR) is 61.5 cm³/mol. The molecule has 0 bridgehead atoms. The van der Waals surface area contributed by atoms with Crippen molar-refractivity contribution < 1.29 is 0 Å². The van der Waals surface area contributed by atoms with Gasteiger partial charge >= 0.3 is 0 Å². The van der Waals surface area contributed by atoms with Gasteiger partial charge < -0.3 is 10.6 Å². The molecule has 0 aromatic rings. The first-order valence-electron chi connectivity index (χ1n) is 5.00. The van der Waals surface area contributed by atoms with E-state index in [-0.39, 0.29) is 6.17 Å². The minimum atomic E-state index is 0.0402. The molecule has 2 rings (SSSR count). The molecule has 1 aliphatic carbocycles. The highest BCUT2D eigenvalue weighted by atomic mass is 15.4. The molecule has 3 N–H and O–H groups in total. The summed E-state index contributed by atoms with van der Waals surface area (Å²) < 4.78 is 0. The third kappa shape index (κ3) is 2.37. The highest BCUT2D eigenvalue weighted by Crippen LogP contribution is 2.05. The van der Waals surface area contributed by atoms with Gasteiger partial charge in [-0.2, -0.15) is 0 Å². The van der Waals surface area contributed by atoms with Crippen molar-refractivity contribution >= 4 is 11.9 Å². The molecular weight excluding hydrogens is 190 g/mol. The van der Waals surface area contributed by atoms with Crippen LogP contribution in [0.4, 0.5) is 0 Å². The average Bonchev–Trinajstić information content (AvgIpc) is 2.69. The van der Waals surface area contributed by atoms with Gasteiger partial charge in [0.25, 0.3) is 0 Å². The molecular formula is C10H15N5. The third-order valence-corrected chi connectivity index (χ3v) is 2.16. The summed E-state index contributed by atoms with van der Waals surface area (Å²) in [5, 5.41) is 9.36. The van der Waals surface area contributed by atoms with Crippen LogP contribution in [-0.4, -0.2) is 25.1 Å². The lowest BCUT2D eigenvalue weighted by molar-refractivity contribution is 0.661. The predicted octanol–water partition coefficient (Wildman–Crippen LogP) is 0.300. The molecule has 0 saturated carbocycles. The summed E-state index contributed by atoms with van der Waals surface area (Å²) in [5.41, 5.74) is 1.07. The van der Waals surface area contributed by atoms with E-state index in [9.17, 15) is 0 Å². The molecule has 1 heterocycles. The van der Waals surface area contributed by atoms with Gasteiger partial charge in [0, 0.05) is 12.7 Å². The van der Waals surface area contributed by atoms with Crippen molar-refractivity contribution in [3.05, 3.63) is 23.9 Å². The van der Waals surface area contributed by atoms with Crippen LogP contribution in [0.3, 0.4) is 0 Å². The van der Waals surface area contributed by atoms with Crippen molar-refractivity contribution in [2.45, 2.75) is 19.5 Å². The normalized spacial score (nSPS) is 26.8. The molecule has 0 aromatic carbocycles. The van der Waals surface area contributed by atoms with Crippen molar-refractivity contribution in [3.63, 3.8) is 0 Å². The van der Waals surface area contributed by atoms with Crippen LogP contribution >= 0.6 is 0 Å². The SMILES string of the molecule is CN=C1NC(NC2=CCC=C2)=NC(C)N1. The van der Waals surface area contributed by atoms with Crippen molar-refractivity contribution in [3.8, 4) is 0 Å². The lowest BCUT2D eigenvalue weighted by atomic mass is 10.4. The lowest BCUT2D eigenvalue weighted by Gasteiger charge is -2.23. The Hall–Kier alpha value is -1.78. The lowest BCUT2D eigenvalue weighted by Crippen LogP contribution is -2.53. The van der Waals surface area contributed by atoms with Gasteiger partial charge in [-0.25, -0.2) is 4.99 Å². The zero-order valence-corrected chi connectivity index (χ0v) is 8.91. The van der Waals surface area contributed by atoms with E-state index in [4.69, 9.17) is 0 Å². The molecule has 5 nitrogen and oxygen atoms in total. The van der Waals surface area contributed by atoms with Gasteiger partial charge in [0.2, 0.25) is 5.96 Å². The Morgan fingerprint density at radius 3 is 3.13 bits per heavy atom. The van der Waals surface area contributed by atoms with E-state index in [0.29, 0.717) is 0 Å². The van der Waals surface area contributed by atoms with E-state index in [0.717, 1.165) is 24.0 Å². The third-order valence-electron chi connectivity index (χ3n) is 2.16. The highest BCUT2D eigenvalue weighted by molar-refractivity contribution is 6.01. The summed E-state index contributed by atoms with van der Waals surface area (Å²) in [7, 11) is 1.74. The highest BCUT2D eigenvalue weighted by Gasteiger charge is 2.14. The maximum absolute atomic E-state index is 4.37. The van der Waals surface area contributed by atoms with Crippen LogP contribution in [0.25, 0.3) is 0 Å². The number of guanidine groups is 2. The molecule has 2 aliphatic rings. The van der Waals surface area contributed by atoms with E-state index < -0.39 is 0 Å². The summed E-state index contributed by atoms with van der Waals surface area (Å²) in [6, 6.07) is 0. The van der Waals surface area contributed by atoms with Crippen LogP contribution in [0.1, 0.15) is 13.3 Å². The first-order valence-corrected chi connectivity index (χ1v) is 5.00. The number of hydrogen-bond acceptors (Lipinski definition) is 3. The average molecular weight is 205 g/mol. The van der Waals surface area contributed by atoms with Crippen molar-refractivity contribution in [2.75, 3.05) is 7.05 Å². The van der Waals surface area contributed by atoms with Gasteiger partial charge in [0.05, 0.1) is 0 Å². The van der Waals surface area contributed by atoms with Crippen molar-refractivity contribution in [1.29, 1.82) is 0 Å². The molecule has 1 unspecified atom stereocenters. The molecule has 0 spiro atoms. The monoisotopic (exact) mass is 205 g/mol. The largest absolute Gasteiger partial charge is 0.334 e. The first-order chi connectivity index (χ1) is 7.28. The van der Waals surface area contributed by atoms with E-state index in [1.807, 2.05) is 13.0 Å². The van der Waals surface area contributed by atoms with Gasteiger partial charge in [0.15, 0.2) is 5.96 Å². The van der Waals surface area contributed by atoms with Gasteiger partial charge in [-0.3, -0.25) is 10.3 Å². The Morgan fingerprint density at radius 1 is 1.60 bits per heavy atom. The molecule has 15 heavy (non-hydrogen) atoms. The molecule has 0 aromatic heterocycles. The number of aliphatic imine (C=N–C) groups is 2. The summed E-state index contributed by atoms with van der Waals surface area (Å²) in [6.45, 7) is 1.98. The van der Waals surface area contributed by atoms with Crippen molar-refractivity contribution in [1.82, 2.24) is 16.0 Å². The second-order valence-corrected chi connectivity index (χ2v) is 3.42. The number of rotatable bonds is 1. The molecule has 80 valence electrons. The summed E-state index contributed by atoms with van der Waals surface area (Å²) >= 11 is 0. The fraction of sp³-hybridized carbons (Fsp3) is 0.400. The standard InChI is InChI=1S/C10H15N5/c1-7-12-9(11-2)15-10(13-7)14-8-5-3-4-6-8/h3,5-7H,4H2,1-2H3,(H3,11,12,13,14,15). The maximum atomic E-state index is 4.37. The minimum Gasteiger partial charge on any atom is -0.334 e. The zero-order chi connectivity index (χ0) is 10.7. The van der Waals surface area contributed by atoms with Gasteiger partial charge in [-0.1, -0.05) is 12.2 Å². The Kier molecular flexibility index (Phi) is 2.71. The Bertz CT molecular complexity index is 364. The molecule has 1 aliphatic heterocycles. The number of allylic oxidation sites excluding steroid dienone is 3. The van der Waals surface area contributed by atoms with Crippen LogP contribution < -0.4 is 16.0 Å². The molecule has 1 atom stereocenters. The minimum absolute atomic E-state index is 0.0402. The second kappa shape index (κ2) is 4.16. The topological polar surface area (TPSA) is 60.8 Å². The summed E-state index contributed by atoms with van der Waals surface area (Å²) in [5.74, 6) is 1.47. The Balaban J connectivity index is 2.05. The van der Waals surface area contributed by atoms with E-state index in [2.05, 4.69) is 38.1 Å². The van der Waals surface area contributed by atoms with Crippen molar-refractivity contribution in [2.24, 2.45) is 9.98 Å². The van der Waals surface area contributed by atoms with E-state index >= 15 is 0 Å². The smallest absolute Gasteiger partial charge is 0.204 e. The number of nitrogens with zero attached hydrogens (tertiary/aromatic N) is 2. The fourth-order valence-electron chi connectivity index (χ4n) is 1.48. The van der Waals surface area contributed by atoms with Crippen LogP contribution in [0, 0.1) is 0 Å². The zero-order valence-electron chi connectivity index (χ0n) is 8.91. The number of nitrogens with one attached hydrogen (secondary N) is 3. The van der Waals surface area contributed by atoms with Crippen LogP contribution in [0.15, 0.2) is 33.9 Å². The van der Waals surface area contributed by atoms with Crippen LogP contribution in [0.2, 0.25) is 0 Å². The second-order valence-electron chi connectivity index (χ2n) is 3.42. The molecule has 5 heteroatoms. The summed E-state index contributed by atoms with van der Waals surface area (Å²) in [4.78, 5) is 8.43. The van der Waals surface area contributed by atoms with Crippen LogP contribution in [0.5, 0.6) is 0 Å². The Labute approximate surface area is 89.1 Å². The van der Waals surface area contributed by atoms with Gasteiger partial charge in [-0.05, 0) is 19.4 Å². The molecule has 0 fully saturated rings. The fourth-order valence-corrected chi connectivity index (χ4v) is 1.48. The van der Waals surface area contributed by atoms with E-state index in [1.54, 1.807) is 7.05 Å². The summed E-state index contributed by atoms with van der Waals surface area (Å²) in [6.07, 6.45) is 7.28. The Morgan fingerprint density at radius 2 is 2.47 bits per heavy atom. The van der Waals surface area contributed by atoms with E-state index in [1.165, 1.54) is 0 Å². The van der Waals surface area contributed by atoms with Crippen LogP contribution in [-0.2, 0) is 0 Å². The molecule has 0 radical (unpaired) electrons. The quantitative estimate of drug-likeness (QED) is 0.577. The van der Waals surface area contributed by atoms with Gasteiger partial charge in [0.1, 0.15) is 6.17 Å².